The van der Waals surface area contributed by atoms with Crippen molar-refractivity contribution in [2.75, 3.05) is 30.9 Å². The van der Waals surface area contributed by atoms with E-state index in [4.69, 9.17) is 0 Å². The van der Waals surface area contributed by atoms with Gasteiger partial charge in [0.2, 0.25) is 0 Å². The lowest BCUT2D eigenvalue weighted by molar-refractivity contribution is -0.672. The van der Waals surface area contributed by atoms with Crippen molar-refractivity contribution in [3.05, 3.63) is 30.3 Å². The molecule has 5 nitrogen and oxygen atoms in total. The number of amides is 1. The first-order chi connectivity index (χ1) is 9.97. The van der Waals surface area contributed by atoms with E-state index in [9.17, 15) is 4.79 Å². The molecule has 1 aromatic carbocycles. The van der Waals surface area contributed by atoms with Crippen molar-refractivity contribution in [3.8, 4) is 0 Å². The Morgan fingerprint density at radius 3 is 2.71 bits per heavy atom. The highest BCUT2D eigenvalue weighted by molar-refractivity contribution is 6.00. The molecule has 0 bridgehead atoms. The summed E-state index contributed by atoms with van der Waals surface area (Å²) in [7, 11) is 3.94. The van der Waals surface area contributed by atoms with E-state index in [1.54, 1.807) is 0 Å². The van der Waals surface area contributed by atoms with E-state index in [-0.39, 0.29) is 5.91 Å². The smallest absolute Gasteiger partial charge is 0.279 e. The SMILES string of the molecule is CC(C)[NH2+]CC(=O)Nc1cc(N(C)C)[nH+]c2ccccc12. The number of H-pyrrole nitrogens is 1. The number of nitrogens with one attached hydrogen (secondary N) is 2. The van der Waals surface area contributed by atoms with E-state index in [1.165, 1.54) is 0 Å². The van der Waals surface area contributed by atoms with Crippen molar-refractivity contribution in [1.82, 2.24) is 0 Å². The van der Waals surface area contributed by atoms with Crippen molar-refractivity contribution in [1.29, 1.82) is 0 Å². The number of anilines is 2. The normalized spacial score (nSPS) is 10.9. The molecule has 112 valence electrons. The zero-order valence-corrected chi connectivity index (χ0v) is 13.1. The van der Waals surface area contributed by atoms with Crippen LogP contribution in [0.15, 0.2) is 30.3 Å². The van der Waals surface area contributed by atoms with Gasteiger partial charge in [-0.25, -0.2) is 4.98 Å². The van der Waals surface area contributed by atoms with Crippen LogP contribution in [0.2, 0.25) is 0 Å². The van der Waals surface area contributed by atoms with Gasteiger partial charge < -0.3 is 10.6 Å². The van der Waals surface area contributed by atoms with Crippen LogP contribution in [-0.4, -0.2) is 32.6 Å². The molecule has 2 aromatic rings. The number of benzene rings is 1. The fourth-order valence-electron chi connectivity index (χ4n) is 2.10. The maximum Gasteiger partial charge on any atom is 0.279 e. The number of nitrogens with zero attached hydrogens (tertiary/aromatic N) is 1. The predicted molar refractivity (Wildman–Crippen MR) is 85.4 cm³/mol. The average Bonchev–Trinajstić information content (AvgIpc) is 2.45. The van der Waals surface area contributed by atoms with Gasteiger partial charge in [-0.2, -0.15) is 0 Å². The molecule has 0 aliphatic rings. The summed E-state index contributed by atoms with van der Waals surface area (Å²) >= 11 is 0. The summed E-state index contributed by atoms with van der Waals surface area (Å²) in [6, 6.07) is 10.4. The van der Waals surface area contributed by atoms with Crippen LogP contribution in [-0.2, 0) is 4.79 Å². The van der Waals surface area contributed by atoms with Gasteiger partial charge in [-0.05, 0) is 26.0 Å². The van der Waals surface area contributed by atoms with Crippen LogP contribution in [0.1, 0.15) is 13.8 Å². The predicted octanol–water partition coefficient (Wildman–Crippen LogP) is 0.630. The number of nitrogens with two attached hydrogens (primary N) is 1. The number of hydrogen-bond acceptors (Lipinski definition) is 2. The van der Waals surface area contributed by atoms with E-state index in [0.29, 0.717) is 12.6 Å². The second kappa shape index (κ2) is 6.54. The quantitative estimate of drug-likeness (QED) is 0.847. The van der Waals surface area contributed by atoms with Crippen molar-refractivity contribution in [2.45, 2.75) is 19.9 Å². The fraction of sp³-hybridized carbons (Fsp3) is 0.375. The van der Waals surface area contributed by atoms with Gasteiger partial charge in [0.25, 0.3) is 11.7 Å². The van der Waals surface area contributed by atoms with Crippen LogP contribution in [0.5, 0.6) is 0 Å². The van der Waals surface area contributed by atoms with Gasteiger partial charge in [0.15, 0.2) is 6.54 Å². The molecule has 1 aromatic heterocycles. The molecule has 1 heterocycles. The van der Waals surface area contributed by atoms with Crippen LogP contribution in [0.3, 0.4) is 0 Å². The number of pyridine rings is 1. The lowest BCUT2D eigenvalue weighted by Crippen LogP contribution is -2.90. The number of rotatable bonds is 5. The highest BCUT2D eigenvalue weighted by Gasteiger charge is 2.14. The van der Waals surface area contributed by atoms with Gasteiger partial charge in [0.05, 0.1) is 31.9 Å². The first kappa shape index (κ1) is 15.3. The third kappa shape index (κ3) is 3.92. The molecule has 0 aliphatic heterocycles. The number of fused-ring (bicyclic) bond motifs is 1. The van der Waals surface area contributed by atoms with E-state index in [0.717, 1.165) is 22.4 Å². The summed E-state index contributed by atoms with van der Waals surface area (Å²) in [5.74, 6) is 0.974. The van der Waals surface area contributed by atoms with Crippen molar-refractivity contribution >= 4 is 28.3 Å². The maximum absolute atomic E-state index is 12.1. The second-order valence-electron chi connectivity index (χ2n) is 5.74. The highest BCUT2D eigenvalue weighted by atomic mass is 16.1. The molecule has 0 radical (unpaired) electrons. The first-order valence-corrected chi connectivity index (χ1v) is 7.23. The topological polar surface area (TPSA) is 63.1 Å². The Morgan fingerprint density at radius 1 is 1.33 bits per heavy atom. The number of aromatic nitrogens is 1. The van der Waals surface area contributed by atoms with Gasteiger partial charge in [0.1, 0.15) is 5.52 Å². The lowest BCUT2D eigenvalue weighted by atomic mass is 10.1. The van der Waals surface area contributed by atoms with E-state index < -0.39 is 0 Å². The monoisotopic (exact) mass is 288 g/mol. The van der Waals surface area contributed by atoms with Crippen molar-refractivity contribution in [2.24, 2.45) is 0 Å². The van der Waals surface area contributed by atoms with Gasteiger partial charge in [-0.3, -0.25) is 9.69 Å². The Labute approximate surface area is 125 Å². The molecule has 2 rings (SSSR count). The van der Waals surface area contributed by atoms with E-state index >= 15 is 0 Å². The number of carbonyl (C=O) groups is 1. The Morgan fingerprint density at radius 2 is 2.05 bits per heavy atom. The minimum atomic E-state index is 0.0183. The largest absolute Gasteiger partial charge is 0.336 e. The molecular formula is C16H24N4O+2. The third-order valence-corrected chi connectivity index (χ3v) is 3.29. The molecule has 0 fully saturated rings. The summed E-state index contributed by atoms with van der Waals surface area (Å²) in [5, 5.41) is 6.05. The second-order valence-corrected chi connectivity index (χ2v) is 5.74. The number of carbonyl (C=O) groups excluding carboxylic acids is 1. The molecule has 1 amide bonds. The Bertz CT molecular complexity index is 637. The number of hydrogen-bond donors (Lipinski definition) is 2. The molecule has 0 saturated carbocycles. The number of quaternary nitrogens is 1. The van der Waals surface area contributed by atoms with Crippen molar-refractivity contribution < 1.29 is 15.1 Å². The number of aromatic amines is 1. The minimum Gasteiger partial charge on any atom is -0.336 e. The zero-order chi connectivity index (χ0) is 15.4. The molecule has 5 heteroatoms. The summed E-state index contributed by atoms with van der Waals surface area (Å²) < 4.78 is 0. The van der Waals surface area contributed by atoms with Gasteiger partial charge >= 0.3 is 0 Å². The van der Waals surface area contributed by atoms with Crippen LogP contribution in [0.4, 0.5) is 11.5 Å². The molecule has 0 aliphatic carbocycles. The van der Waals surface area contributed by atoms with Crippen LogP contribution >= 0.6 is 0 Å². The third-order valence-electron chi connectivity index (χ3n) is 3.29. The Hall–Kier alpha value is -2.14. The summed E-state index contributed by atoms with van der Waals surface area (Å²) in [6.45, 7) is 4.58. The summed E-state index contributed by atoms with van der Waals surface area (Å²) in [6.07, 6.45) is 0. The molecule has 0 saturated heterocycles. The van der Waals surface area contributed by atoms with E-state index in [1.807, 2.05) is 54.6 Å². The van der Waals surface area contributed by atoms with Gasteiger partial charge in [0, 0.05) is 5.39 Å². The molecule has 4 N–H and O–H groups in total. The van der Waals surface area contributed by atoms with Crippen LogP contribution < -0.4 is 20.5 Å². The molecule has 0 atom stereocenters. The highest BCUT2D eigenvalue weighted by Crippen LogP contribution is 2.23. The minimum absolute atomic E-state index is 0.0183. The first-order valence-electron chi connectivity index (χ1n) is 7.23. The molecular weight excluding hydrogens is 264 g/mol. The van der Waals surface area contributed by atoms with Crippen LogP contribution in [0, 0.1) is 0 Å². The average molecular weight is 288 g/mol. The van der Waals surface area contributed by atoms with Gasteiger partial charge in [-0.15, -0.1) is 0 Å². The molecule has 0 spiro atoms. The van der Waals surface area contributed by atoms with Crippen molar-refractivity contribution in [3.63, 3.8) is 0 Å². The molecule has 0 unspecified atom stereocenters. The fourth-order valence-corrected chi connectivity index (χ4v) is 2.10. The summed E-state index contributed by atoms with van der Waals surface area (Å²) in [5.41, 5.74) is 1.85. The Kier molecular flexibility index (Phi) is 4.75. The van der Waals surface area contributed by atoms with Crippen LogP contribution in [0.25, 0.3) is 10.9 Å². The maximum atomic E-state index is 12.1. The standard InChI is InChI=1S/C16H22N4O/c1-11(2)17-10-16(21)19-14-9-15(20(3)4)18-13-8-6-5-7-12(13)14/h5-9,11,17H,10H2,1-4H3,(H,18,19,21)/p+2. The summed E-state index contributed by atoms with van der Waals surface area (Å²) in [4.78, 5) is 17.4. The number of para-hydroxylation sites is 1. The Balaban J connectivity index is 2.30. The van der Waals surface area contributed by atoms with Gasteiger partial charge in [-0.1, -0.05) is 12.1 Å². The molecule has 21 heavy (non-hydrogen) atoms. The lowest BCUT2D eigenvalue weighted by Gasteiger charge is -2.11. The zero-order valence-electron chi connectivity index (χ0n) is 13.1. The van der Waals surface area contributed by atoms with E-state index in [2.05, 4.69) is 24.1 Å².